The van der Waals surface area contributed by atoms with Crippen molar-refractivity contribution in [1.29, 1.82) is 0 Å². The topological polar surface area (TPSA) is 56.7 Å². The van der Waals surface area contributed by atoms with Crippen LogP contribution in [0.4, 0.5) is 0 Å². The van der Waals surface area contributed by atoms with E-state index in [4.69, 9.17) is 0 Å². The molecule has 120 valence electrons. The minimum absolute atomic E-state index is 0. The third-order valence-electron chi connectivity index (χ3n) is 2.72. The van der Waals surface area contributed by atoms with Gasteiger partial charge in [0, 0.05) is 27.2 Å². The molecule has 0 saturated heterocycles. The Labute approximate surface area is 141 Å². The van der Waals surface area contributed by atoms with Crippen LogP contribution in [0.1, 0.15) is 40.0 Å². The van der Waals surface area contributed by atoms with Crippen molar-refractivity contribution >= 4 is 35.8 Å². The van der Waals surface area contributed by atoms with Gasteiger partial charge >= 0.3 is 0 Å². The number of nitrogens with zero attached hydrogens (tertiary/aromatic N) is 2. The number of hydrogen-bond acceptors (Lipinski definition) is 2. The van der Waals surface area contributed by atoms with Gasteiger partial charge in [-0.25, -0.2) is 4.99 Å². The molecular formula is C14H31IN4O. The molecule has 2 N–H and O–H groups in total. The fourth-order valence-electron chi connectivity index (χ4n) is 1.51. The second-order valence-corrected chi connectivity index (χ2v) is 5.30. The fourth-order valence-corrected chi connectivity index (χ4v) is 1.51. The molecule has 0 radical (unpaired) electrons. The molecule has 1 amide bonds. The van der Waals surface area contributed by atoms with E-state index in [0.29, 0.717) is 0 Å². The summed E-state index contributed by atoms with van der Waals surface area (Å²) in [6.45, 7) is 8.39. The van der Waals surface area contributed by atoms with Crippen LogP contribution in [0.3, 0.4) is 0 Å². The van der Waals surface area contributed by atoms with Crippen molar-refractivity contribution in [3.8, 4) is 0 Å². The largest absolute Gasteiger partial charge is 0.357 e. The SMILES string of the molecule is CCNC(=NCC(=O)N(C)C)NCCCCC(C)C.I. The first kappa shape index (κ1) is 21.8. The van der Waals surface area contributed by atoms with E-state index < -0.39 is 0 Å². The molecule has 0 aromatic heterocycles. The molecule has 0 aromatic carbocycles. The number of unbranched alkanes of at least 4 members (excludes halogenated alkanes) is 1. The molecule has 0 aromatic rings. The first-order valence-electron chi connectivity index (χ1n) is 7.19. The van der Waals surface area contributed by atoms with Crippen molar-refractivity contribution in [3.05, 3.63) is 0 Å². The minimum atomic E-state index is 0. The highest BCUT2D eigenvalue weighted by Gasteiger charge is 2.03. The molecule has 0 fully saturated rings. The lowest BCUT2D eigenvalue weighted by Gasteiger charge is -2.12. The monoisotopic (exact) mass is 398 g/mol. The van der Waals surface area contributed by atoms with Crippen LogP contribution in [0, 0.1) is 5.92 Å². The van der Waals surface area contributed by atoms with E-state index in [1.54, 1.807) is 19.0 Å². The number of guanidine groups is 1. The molecule has 6 heteroatoms. The van der Waals surface area contributed by atoms with Crippen molar-refractivity contribution < 1.29 is 4.79 Å². The number of aliphatic imine (C=N–C) groups is 1. The Bertz CT molecular complexity index is 280. The molecule has 0 heterocycles. The third-order valence-corrected chi connectivity index (χ3v) is 2.72. The van der Waals surface area contributed by atoms with E-state index in [-0.39, 0.29) is 36.4 Å². The molecule has 0 aliphatic rings. The molecule has 5 nitrogen and oxygen atoms in total. The summed E-state index contributed by atoms with van der Waals surface area (Å²) in [5, 5.41) is 6.40. The highest BCUT2D eigenvalue weighted by molar-refractivity contribution is 14.0. The normalized spacial score (nSPS) is 11.0. The van der Waals surface area contributed by atoms with Crippen molar-refractivity contribution in [2.24, 2.45) is 10.9 Å². The Hall–Kier alpha value is -0.530. The molecule has 20 heavy (non-hydrogen) atoms. The van der Waals surface area contributed by atoms with Gasteiger partial charge in [0.05, 0.1) is 0 Å². The summed E-state index contributed by atoms with van der Waals surface area (Å²) >= 11 is 0. The number of hydrogen-bond donors (Lipinski definition) is 2. The van der Waals surface area contributed by atoms with E-state index in [1.165, 1.54) is 12.8 Å². The highest BCUT2D eigenvalue weighted by atomic mass is 127. The van der Waals surface area contributed by atoms with Crippen molar-refractivity contribution in [2.45, 2.75) is 40.0 Å². The smallest absolute Gasteiger partial charge is 0.243 e. The second-order valence-electron chi connectivity index (χ2n) is 5.30. The summed E-state index contributed by atoms with van der Waals surface area (Å²) in [6.07, 6.45) is 3.61. The van der Waals surface area contributed by atoms with Crippen LogP contribution < -0.4 is 10.6 Å². The van der Waals surface area contributed by atoms with Gasteiger partial charge in [-0.15, -0.1) is 24.0 Å². The number of nitrogens with one attached hydrogen (secondary N) is 2. The van der Waals surface area contributed by atoms with Gasteiger partial charge in [0.25, 0.3) is 0 Å². The molecule has 0 atom stereocenters. The second kappa shape index (κ2) is 13.5. The number of rotatable bonds is 8. The highest BCUT2D eigenvalue weighted by Crippen LogP contribution is 2.04. The van der Waals surface area contributed by atoms with Crippen LogP contribution in [-0.4, -0.2) is 50.5 Å². The van der Waals surface area contributed by atoms with E-state index in [9.17, 15) is 4.79 Å². The number of amides is 1. The predicted molar refractivity (Wildman–Crippen MR) is 96.8 cm³/mol. The fraction of sp³-hybridized carbons (Fsp3) is 0.857. The average Bonchev–Trinajstić information content (AvgIpc) is 2.34. The van der Waals surface area contributed by atoms with E-state index >= 15 is 0 Å². The molecule has 0 unspecified atom stereocenters. The maximum Gasteiger partial charge on any atom is 0.243 e. The molecule has 0 spiro atoms. The van der Waals surface area contributed by atoms with Gasteiger partial charge in [-0.3, -0.25) is 4.79 Å². The molecule has 0 aliphatic carbocycles. The maximum absolute atomic E-state index is 11.5. The first-order chi connectivity index (χ1) is 8.97. The summed E-state index contributed by atoms with van der Waals surface area (Å²) in [5.74, 6) is 1.50. The van der Waals surface area contributed by atoms with Crippen LogP contribution in [0.25, 0.3) is 0 Å². The van der Waals surface area contributed by atoms with Gasteiger partial charge in [-0.1, -0.05) is 26.7 Å². The Morgan fingerprint density at radius 1 is 1.20 bits per heavy atom. The van der Waals surface area contributed by atoms with Gasteiger partial charge in [0.1, 0.15) is 6.54 Å². The summed E-state index contributed by atoms with van der Waals surface area (Å²) in [6, 6.07) is 0. The number of carbonyl (C=O) groups is 1. The van der Waals surface area contributed by atoms with E-state index in [2.05, 4.69) is 29.5 Å². The Morgan fingerprint density at radius 2 is 1.85 bits per heavy atom. The van der Waals surface area contributed by atoms with Crippen LogP contribution in [0.15, 0.2) is 4.99 Å². The number of halogens is 1. The minimum Gasteiger partial charge on any atom is -0.357 e. The predicted octanol–water partition coefficient (Wildman–Crippen LogP) is 2.07. The zero-order valence-corrected chi connectivity index (χ0v) is 15.9. The van der Waals surface area contributed by atoms with Crippen LogP contribution in [0.5, 0.6) is 0 Å². The summed E-state index contributed by atoms with van der Waals surface area (Å²) in [4.78, 5) is 17.3. The average molecular weight is 398 g/mol. The van der Waals surface area contributed by atoms with Crippen LogP contribution in [-0.2, 0) is 4.79 Å². The van der Waals surface area contributed by atoms with Gasteiger partial charge in [0.15, 0.2) is 5.96 Å². The van der Waals surface area contributed by atoms with Crippen molar-refractivity contribution in [1.82, 2.24) is 15.5 Å². The summed E-state index contributed by atoms with van der Waals surface area (Å²) in [5.41, 5.74) is 0. The lowest BCUT2D eigenvalue weighted by Crippen LogP contribution is -2.38. The number of carbonyl (C=O) groups excluding carboxylic acids is 1. The summed E-state index contributed by atoms with van der Waals surface area (Å²) in [7, 11) is 3.48. The third kappa shape index (κ3) is 12.5. The van der Waals surface area contributed by atoms with Crippen molar-refractivity contribution in [3.63, 3.8) is 0 Å². The number of likely N-dealkylation sites (N-methyl/N-ethyl adjacent to an activating group) is 1. The summed E-state index contributed by atoms with van der Waals surface area (Å²) < 4.78 is 0. The van der Waals surface area contributed by atoms with E-state index in [1.807, 2.05) is 6.92 Å². The quantitative estimate of drug-likeness (QED) is 0.285. The Kier molecular flexibility index (Phi) is 14.6. The Balaban J connectivity index is 0. The zero-order valence-electron chi connectivity index (χ0n) is 13.5. The van der Waals surface area contributed by atoms with Crippen LogP contribution >= 0.6 is 24.0 Å². The lowest BCUT2D eigenvalue weighted by atomic mass is 10.1. The van der Waals surface area contributed by atoms with Gasteiger partial charge in [-0.2, -0.15) is 0 Å². The molecule has 0 rings (SSSR count). The van der Waals surface area contributed by atoms with Gasteiger partial charge in [0.2, 0.25) is 5.91 Å². The Morgan fingerprint density at radius 3 is 2.35 bits per heavy atom. The molecule has 0 saturated carbocycles. The lowest BCUT2D eigenvalue weighted by molar-refractivity contribution is -0.127. The van der Waals surface area contributed by atoms with E-state index in [0.717, 1.165) is 31.4 Å². The van der Waals surface area contributed by atoms with Gasteiger partial charge in [-0.05, 0) is 19.3 Å². The molecule has 0 aliphatic heterocycles. The molecule has 0 bridgehead atoms. The molecular weight excluding hydrogens is 367 g/mol. The first-order valence-corrected chi connectivity index (χ1v) is 7.19. The maximum atomic E-state index is 11.5. The van der Waals surface area contributed by atoms with Gasteiger partial charge < -0.3 is 15.5 Å². The van der Waals surface area contributed by atoms with Crippen molar-refractivity contribution in [2.75, 3.05) is 33.7 Å². The standard InChI is InChI=1S/C14H30N4O.HI/c1-6-15-14(17-11-13(19)18(4)5)16-10-8-7-9-12(2)3;/h12H,6-11H2,1-5H3,(H2,15,16,17);1H. The van der Waals surface area contributed by atoms with Crippen LogP contribution in [0.2, 0.25) is 0 Å². The zero-order chi connectivity index (χ0) is 14.7.